The van der Waals surface area contributed by atoms with Gasteiger partial charge in [0.05, 0.1) is 12.6 Å². The molecule has 0 fully saturated rings. The zero-order valence-electron chi connectivity index (χ0n) is 8.49. The highest BCUT2D eigenvalue weighted by Gasteiger charge is 2.28. The van der Waals surface area contributed by atoms with Gasteiger partial charge in [0.1, 0.15) is 4.34 Å². The van der Waals surface area contributed by atoms with Crippen LogP contribution in [0.5, 0.6) is 0 Å². The van der Waals surface area contributed by atoms with Crippen LogP contribution in [0.2, 0.25) is 4.34 Å². The average Bonchev–Trinajstić information content (AvgIpc) is 2.74. The Morgan fingerprint density at radius 3 is 3.12 bits per heavy atom. The van der Waals surface area contributed by atoms with E-state index in [0.717, 1.165) is 8.81 Å². The second-order valence-corrected chi connectivity index (χ2v) is 5.97. The van der Waals surface area contributed by atoms with E-state index < -0.39 is 0 Å². The molecule has 0 aliphatic carbocycles. The number of aliphatic imine (C=N–C) groups is 1. The van der Waals surface area contributed by atoms with E-state index in [-0.39, 0.29) is 6.04 Å². The van der Waals surface area contributed by atoms with Crippen molar-refractivity contribution in [1.82, 2.24) is 4.90 Å². The van der Waals surface area contributed by atoms with E-state index in [9.17, 15) is 0 Å². The Morgan fingerprint density at radius 2 is 2.56 bits per heavy atom. The molecule has 1 atom stereocenters. The smallest absolute Gasteiger partial charge is 0.192 e. The first-order valence-corrected chi connectivity index (χ1v) is 6.74. The van der Waals surface area contributed by atoms with Gasteiger partial charge in [-0.3, -0.25) is 4.99 Å². The normalized spacial score (nSPS) is 20.0. The molecule has 0 aromatic carbocycles. The van der Waals surface area contributed by atoms with Crippen LogP contribution < -0.4 is 5.73 Å². The van der Waals surface area contributed by atoms with Crippen molar-refractivity contribution in [3.05, 3.63) is 32.4 Å². The van der Waals surface area contributed by atoms with E-state index in [2.05, 4.69) is 27.5 Å². The lowest BCUT2D eigenvalue weighted by Gasteiger charge is -2.23. The van der Waals surface area contributed by atoms with Gasteiger partial charge in [-0.1, -0.05) is 17.7 Å². The Balaban J connectivity index is 2.24. The molecule has 0 spiro atoms. The maximum atomic E-state index is 6.03. The average molecular weight is 321 g/mol. The van der Waals surface area contributed by atoms with Crippen LogP contribution in [0.25, 0.3) is 0 Å². The molecule has 2 N–H and O–H groups in total. The Bertz CT molecular complexity index is 424. The number of hydrogen-bond acceptors (Lipinski definition) is 4. The van der Waals surface area contributed by atoms with Crippen molar-refractivity contribution in [2.45, 2.75) is 6.04 Å². The topological polar surface area (TPSA) is 41.6 Å². The van der Waals surface area contributed by atoms with E-state index in [1.807, 2.05) is 17.0 Å². The molecule has 2 heterocycles. The summed E-state index contributed by atoms with van der Waals surface area (Å²) in [6.07, 6.45) is 1.82. The standard InChI is InChI=1S/C10H11BrClN3S/c1-2-3-15-7(5-14-10(15)13)8-4-6(11)9(12)16-8/h2,4,7H,1,3,5H2,(H2,13,14). The van der Waals surface area contributed by atoms with Crippen LogP contribution in [0.3, 0.4) is 0 Å². The van der Waals surface area contributed by atoms with Gasteiger partial charge in [0, 0.05) is 15.9 Å². The van der Waals surface area contributed by atoms with Gasteiger partial charge in [0.2, 0.25) is 0 Å². The summed E-state index contributed by atoms with van der Waals surface area (Å²) in [6.45, 7) is 5.11. The van der Waals surface area contributed by atoms with Crippen molar-refractivity contribution in [2.24, 2.45) is 10.7 Å². The highest BCUT2D eigenvalue weighted by Crippen LogP contribution is 2.38. The molecule has 1 unspecified atom stereocenters. The van der Waals surface area contributed by atoms with Crippen molar-refractivity contribution in [1.29, 1.82) is 0 Å². The Hall–Kier alpha value is -0.520. The van der Waals surface area contributed by atoms with Crippen molar-refractivity contribution in [3.63, 3.8) is 0 Å². The molecule has 0 radical (unpaired) electrons. The van der Waals surface area contributed by atoms with Crippen LogP contribution in [-0.4, -0.2) is 23.9 Å². The zero-order valence-corrected chi connectivity index (χ0v) is 11.6. The molecule has 6 heteroatoms. The highest BCUT2D eigenvalue weighted by atomic mass is 79.9. The van der Waals surface area contributed by atoms with Crippen molar-refractivity contribution < 1.29 is 0 Å². The lowest BCUT2D eigenvalue weighted by Crippen LogP contribution is -2.35. The summed E-state index contributed by atoms with van der Waals surface area (Å²) in [6, 6.07) is 2.22. The van der Waals surface area contributed by atoms with Gasteiger partial charge >= 0.3 is 0 Å². The van der Waals surface area contributed by atoms with Crippen LogP contribution >= 0.6 is 38.9 Å². The molecule has 16 heavy (non-hydrogen) atoms. The minimum absolute atomic E-state index is 0.187. The number of hydrogen-bond donors (Lipinski definition) is 1. The molecule has 0 saturated carbocycles. The second kappa shape index (κ2) is 4.77. The third kappa shape index (κ3) is 2.12. The quantitative estimate of drug-likeness (QED) is 0.870. The molecule has 0 bridgehead atoms. The first-order valence-electron chi connectivity index (χ1n) is 4.75. The fourth-order valence-corrected chi connectivity index (χ4v) is 3.50. The maximum absolute atomic E-state index is 6.03. The Kier molecular flexibility index (Phi) is 3.56. The highest BCUT2D eigenvalue weighted by molar-refractivity contribution is 9.10. The predicted molar refractivity (Wildman–Crippen MR) is 73.2 cm³/mol. The summed E-state index contributed by atoms with van der Waals surface area (Å²) in [5.41, 5.74) is 5.83. The van der Waals surface area contributed by atoms with Gasteiger partial charge in [-0.25, -0.2) is 0 Å². The molecular weight excluding hydrogens is 310 g/mol. The van der Waals surface area contributed by atoms with Gasteiger partial charge in [0.25, 0.3) is 0 Å². The summed E-state index contributed by atoms with van der Waals surface area (Å²) in [5.74, 6) is 0.575. The van der Waals surface area contributed by atoms with Crippen molar-refractivity contribution in [3.8, 4) is 0 Å². The van der Waals surface area contributed by atoms with Crippen molar-refractivity contribution in [2.75, 3.05) is 13.1 Å². The SMILES string of the molecule is C=CCN1C(N)=NCC1c1cc(Br)c(Cl)s1. The summed E-state index contributed by atoms with van der Waals surface area (Å²) in [7, 11) is 0. The van der Waals surface area contributed by atoms with Crippen LogP contribution in [-0.2, 0) is 0 Å². The summed E-state index contributed by atoms with van der Waals surface area (Å²) in [4.78, 5) is 7.45. The molecule has 3 nitrogen and oxygen atoms in total. The molecule has 0 saturated heterocycles. The number of halogens is 2. The third-order valence-corrected chi connectivity index (χ3v) is 4.99. The lowest BCUT2D eigenvalue weighted by molar-refractivity contribution is 0.385. The monoisotopic (exact) mass is 319 g/mol. The van der Waals surface area contributed by atoms with E-state index in [0.29, 0.717) is 19.0 Å². The number of nitrogens with zero attached hydrogens (tertiary/aromatic N) is 2. The largest absolute Gasteiger partial charge is 0.370 e. The zero-order chi connectivity index (χ0) is 11.7. The molecule has 1 aromatic rings. The molecule has 1 aromatic heterocycles. The summed E-state index contributed by atoms with van der Waals surface area (Å²) in [5, 5.41) is 0. The van der Waals surface area contributed by atoms with Gasteiger partial charge in [-0.2, -0.15) is 0 Å². The van der Waals surface area contributed by atoms with Crippen molar-refractivity contribution >= 4 is 44.8 Å². The fraction of sp³-hybridized carbons (Fsp3) is 0.300. The molecule has 2 rings (SSSR count). The maximum Gasteiger partial charge on any atom is 0.192 e. The van der Waals surface area contributed by atoms with Crippen LogP contribution in [0.1, 0.15) is 10.9 Å². The summed E-state index contributed by atoms with van der Waals surface area (Å²) >= 11 is 11.0. The molecule has 1 aliphatic heterocycles. The molecular formula is C10H11BrClN3S. The number of nitrogens with two attached hydrogens (primary N) is 1. The van der Waals surface area contributed by atoms with E-state index in [4.69, 9.17) is 17.3 Å². The fourth-order valence-electron chi connectivity index (χ4n) is 1.66. The van der Waals surface area contributed by atoms with E-state index >= 15 is 0 Å². The molecule has 86 valence electrons. The molecule has 0 amide bonds. The Labute approximate surface area is 112 Å². The minimum Gasteiger partial charge on any atom is -0.370 e. The van der Waals surface area contributed by atoms with Gasteiger partial charge in [-0.05, 0) is 22.0 Å². The Morgan fingerprint density at radius 1 is 1.81 bits per heavy atom. The van der Waals surface area contributed by atoms with E-state index in [1.54, 1.807) is 11.3 Å². The van der Waals surface area contributed by atoms with Crippen LogP contribution in [0.15, 0.2) is 28.2 Å². The lowest BCUT2D eigenvalue weighted by atomic mass is 10.2. The minimum atomic E-state index is 0.187. The second-order valence-electron chi connectivity index (χ2n) is 3.43. The first-order chi connectivity index (χ1) is 7.63. The van der Waals surface area contributed by atoms with E-state index in [1.165, 1.54) is 4.88 Å². The van der Waals surface area contributed by atoms with Gasteiger partial charge in [-0.15, -0.1) is 17.9 Å². The summed E-state index contributed by atoms with van der Waals surface area (Å²) < 4.78 is 1.69. The first kappa shape index (κ1) is 12.0. The molecule has 1 aliphatic rings. The predicted octanol–water partition coefficient (Wildman–Crippen LogP) is 3.02. The number of thiophene rings is 1. The van der Waals surface area contributed by atoms with Gasteiger partial charge < -0.3 is 10.6 Å². The van der Waals surface area contributed by atoms with Gasteiger partial charge in [0.15, 0.2) is 5.96 Å². The van der Waals surface area contributed by atoms with Crippen LogP contribution in [0.4, 0.5) is 0 Å². The number of rotatable bonds is 3. The number of guanidine groups is 1. The third-order valence-electron chi connectivity index (χ3n) is 2.42. The van der Waals surface area contributed by atoms with Crippen LogP contribution in [0, 0.1) is 0 Å².